The first-order chi connectivity index (χ1) is 9.15. The second kappa shape index (κ2) is 6.94. The van der Waals surface area contributed by atoms with Crippen molar-refractivity contribution in [1.82, 2.24) is 4.90 Å². The third-order valence-corrected chi connectivity index (χ3v) is 4.93. The van der Waals surface area contributed by atoms with Crippen LogP contribution in [0.1, 0.15) is 31.7 Å². The minimum atomic E-state index is 0.450. The maximum Gasteiger partial charge on any atom is 0.0465 e. The number of nitrogens with zero attached hydrogens (tertiary/aromatic N) is 1. The topological polar surface area (TPSA) is 29.3 Å². The molecule has 106 valence electrons. The van der Waals surface area contributed by atoms with Gasteiger partial charge in [0.25, 0.3) is 0 Å². The van der Waals surface area contributed by atoms with Crippen LogP contribution in [0.3, 0.4) is 0 Å². The summed E-state index contributed by atoms with van der Waals surface area (Å²) in [5.41, 5.74) is 6.96. The Bertz CT molecular complexity index is 402. The van der Waals surface area contributed by atoms with E-state index in [1.165, 1.54) is 19.3 Å². The van der Waals surface area contributed by atoms with Crippen LogP contribution in [0.4, 0.5) is 0 Å². The Hall–Kier alpha value is -0.280. The summed E-state index contributed by atoms with van der Waals surface area (Å²) in [6, 6.07) is 6.14. The van der Waals surface area contributed by atoms with Gasteiger partial charge in [-0.05, 0) is 37.4 Å². The van der Waals surface area contributed by atoms with Gasteiger partial charge in [-0.2, -0.15) is 0 Å². The van der Waals surface area contributed by atoms with Crippen molar-refractivity contribution in [3.8, 4) is 0 Å². The lowest BCUT2D eigenvalue weighted by atomic mass is 9.88. The first-order valence-electron chi connectivity index (χ1n) is 7.02. The summed E-state index contributed by atoms with van der Waals surface area (Å²) >= 11 is 12.5. The summed E-state index contributed by atoms with van der Waals surface area (Å²) in [6.07, 6.45) is 3.68. The van der Waals surface area contributed by atoms with Gasteiger partial charge in [0.05, 0.1) is 0 Å². The molecular weight excluding hydrogens is 279 g/mol. The zero-order valence-electron chi connectivity index (χ0n) is 11.4. The fraction of sp³-hybridized carbons (Fsp3) is 0.600. The highest BCUT2D eigenvalue weighted by atomic mass is 35.5. The van der Waals surface area contributed by atoms with Crippen molar-refractivity contribution in [2.24, 2.45) is 11.7 Å². The average Bonchev–Trinajstić information content (AvgIpc) is 2.43. The largest absolute Gasteiger partial charge is 0.329 e. The van der Waals surface area contributed by atoms with Crippen molar-refractivity contribution in [3.63, 3.8) is 0 Å². The van der Waals surface area contributed by atoms with Gasteiger partial charge in [0.15, 0.2) is 0 Å². The summed E-state index contributed by atoms with van der Waals surface area (Å²) < 4.78 is 0. The third kappa shape index (κ3) is 3.63. The van der Waals surface area contributed by atoms with Crippen LogP contribution in [0.2, 0.25) is 10.0 Å². The van der Waals surface area contributed by atoms with Crippen LogP contribution in [0, 0.1) is 5.92 Å². The van der Waals surface area contributed by atoms with Crippen LogP contribution in [-0.2, 0) is 6.54 Å². The van der Waals surface area contributed by atoms with E-state index in [4.69, 9.17) is 28.9 Å². The minimum Gasteiger partial charge on any atom is -0.329 e. The quantitative estimate of drug-likeness (QED) is 0.912. The van der Waals surface area contributed by atoms with Crippen molar-refractivity contribution < 1.29 is 0 Å². The first kappa shape index (κ1) is 15.1. The van der Waals surface area contributed by atoms with Gasteiger partial charge in [-0.1, -0.05) is 42.6 Å². The average molecular weight is 301 g/mol. The van der Waals surface area contributed by atoms with Gasteiger partial charge in [0.2, 0.25) is 0 Å². The van der Waals surface area contributed by atoms with E-state index in [9.17, 15) is 0 Å². The van der Waals surface area contributed by atoms with Gasteiger partial charge in [0, 0.05) is 34.7 Å². The van der Waals surface area contributed by atoms with Crippen molar-refractivity contribution in [2.75, 3.05) is 13.1 Å². The molecule has 1 aliphatic heterocycles. The van der Waals surface area contributed by atoms with Gasteiger partial charge in [-0.3, -0.25) is 4.90 Å². The molecule has 0 bridgehead atoms. The SMILES string of the molecule is CCC1CCN(Cc2c(Cl)cccc2Cl)C(CN)C1. The Balaban J connectivity index is 2.10. The molecule has 0 aliphatic carbocycles. The maximum atomic E-state index is 6.25. The van der Waals surface area contributed by atoms with Gasteiger partial charge in [-0.25, -0.2) is 0 Å². The summed E-state index contributed by atoms with van der Waals surface area (Å²) in [5, 5.41) is 1.50. The first-order valence-corrected chi connectivity index (χ1v) is 7.78. The van der Waals surface area contributed by atoms with E-state index in [0.717, 1.165) is 34.6 Å². The van der Waals surface area contributed by atoms with E-state index >= 15 is 0 Å². The number of hydrogen-bond acceptors (Lipinski definition) is 2. The number of likely N-dealkylation sites (tertiary alicyclic amines) is 1. The van der Waals surface area contributed by atoms with Crippen molar-refractivity contribution in [1.29, 1.82) is 0 Å². The van der Waals surface area contributed by atoms with E-state index in [1.54, 1.807) is 0 Å². The van der Waals surface area contributed by atoms with Gasteiger partial charge in [0.1, 0.15) is 0 Å². The highest BCUT2D eigenvalue weighted by Gasteiger charge is 2.27. The number of halogens is 2. The molecule has 0 spiro atoms. The molecule has 0 radical (unpaired) electrons. The third-order valence-electron chi connectivity index (χ3n) is 4.22. The Morgan fingerprint density at radius 2 is 2.00 bits per heavy atom. The van der Waals surface area contributed by atoms with Crippen LogP contribution in [0.5, 0.6) is 0 Å². The number of benzene rings is 1. The molecule has 1 saturated heterocycles. The van der Waals surface area contributed by atoms with Crippen molar-refractivity contribution in [3.05, 3.63) is 33.8 Å². The second-order valence-electron chi connectivity index (χ2n) is 5.36. The molecule has 1 aliphatic rings. The normalized spacial score (nSPS) is 24.6. The van der Waals surface area contributed by atoms with E-state index < -0.39 is 0 Å². The number of piperidine rings is 1. The fourth-order valence-electron chi connectivity index (χ4n) is 2.89. The molecule has 4 heteroatoms. The van der Waals surface area contributed by atoms with Gasteiger partial charge in [-0.15, -0.1) is 0 Å². The molecule has 0 saturated carbocycles. The van der Waals surface area contributed by atoms with E-state index in [-0.39, 0.29) is 0 Å². The highest BCUT2D eigenvalue weighted by molar-refractivity contribution is 6.35. The number of nitrogens with two attached hydrogens (primary N) is 1. The van der Waals surface area contributed by atoms with Crippen LogP contribution in [0.25, 0.3) is 0 Å². The Kier molecular flexibility index (Phi) is 5.52. The Morgan fingerprint density at radius 3 is 2.58 bits per heavy atom. The van der Waals surface area contributed by atoms with Crippen molar-refractivity contribution >= 4 is 23.2 Å². The summed E-state index contributed by atoms with van der Waals surface area (Å²) in [5.74, 6) is 0.812. The van der Waals surface area contributed by atoms with Crippen LogP contribution in [-0.4, -0.2) is 24.0 Å². The van der Waals surface area contributed by atoms with Gasteiger partial charge >= 0.3 is 0 Å². The molecule has 0 aromatic heterocycles. The Labute approximate surface area is 125 Å². The maximum absolute atomic E-state index is 6.25. The van der Waals surface area contributed by atoms with E-state index in [0.29, 0.717) is 12.6 Å². The van der Waals surface area contributed by atoms with Crippen LogP contribution >= 0.6 is 23.2 Å². The molecular formula is C15H22Cl2N2. The summed E-state index contributed by atoms with van der Waals surface area (Å²) in [4.78, 5) is 2.43. The number of rotatable bonds is 4. The molecule has 1 aromatic carbocycles. The van der Waals surface area contributed by atoms with Crippen LogP contribution < -0.4 is 5.73 Å². The lowest BCUT2D eigenvalue weighted by Crippen LogP contribution is -2.46. The molecule has 2 N–H and O–H groups in total. The predicted octanol–water partition coefficient (Wildman–Crippen LogP) is 3.94. The van der Waals surface area contributed by atoms with E-state index in [1.807, 2.05) is 18.2 Å². The molecule has 19 heavy (non-hydrogen) atoms. The monoisotopic (exact) mass is 300 g/mol. The Morgan fingerprint density at radius 1 is 1.32 bits per heavy atom. The molecule has 2 nitrogen and oxygen atoms in total. The molecule has 2 unspecified atom stereocenters. The van der Waals surface area contributed by atoms with Crippen molar-refractivity contribution in [2.45, 2.75) is 38.8 Å². The molecule has 1 aromatic rings. The standard InChI is InChI=1S/C15H22Cl2N2/c1-2-11-6-7-19(12(8-11)9-18)10-13-14(16)4-3-5-15(13)17/h3-5,11-12H,2,6-10,18H2,1H3. The second-order valence-corrected chi connectivity index (χ2v) is 6.17. The number of hydrogen-bond donors (Lipinski definition) is 1. The smallest absolute Gasteiger partial charge is 0.0465 e. The zero-order chi connectivity index (χ0) is 13.8. The van der Waals surface area contributed by atoms with E-state index in [2.05, 4.69) is 11.8 Å². The fourth-order valence-corrected chi connectivity index (χ4v) is 3.41. The highest BCUT2D eigenvalue weighted by Crippen LogP contribution is 2.30. The van der Waals surface area contributed by atoms with Gasteiger partial charge < -0.3 is 5.73 Å². The summed E-state index contributed by atoms with van der Waals surface area (Å²) in [6.45, 7) is 4.86. The predicted molar refractivity (Wildman–Crippen MR) is 82.7 cm³/mol. The molecule has 0 amide bonds. The van der Waals surface area contributed by atoms with Crippen LogP contribution in [0.15, 0.2) is 18.2 Å². The minimum absolute atomic E-state index is 0.450. The molecule has 2 rings (SSSR count). The molecule has 1 heterocycles. The lowest BCUT2D eigenvalue weighted by molar-refractivity contribution is 0.107. The lowest BCUT2D eigenvalue weighted by Gasteiger charge is -2.39. The zero-order valence-corrected chi connectivity index (χ0v) is 12.9. The summed E-state index contributed by atoms with van der Waals surface area (Å²) in [7, 11) is 0. The molecule has 2 atom stereocenters. The molecule has 1 fully saturated rings.